The number of ether oxygens (including phenoxy) is 1. The lowest BCUT2D eigenvalue weighted by Crippen LogP contribution is -2.39. The van der Waals surface area contributed by atoms with E-state index in [1.54, 1.807) is 0 Å². The smallest absolute Gasteiger partial charge is 0.312 e. The summed E-state index contributed by atoms with van der Waals surface area (Å²) in [6.45, 7) is 10.7. The third kappa shape index (κ3) is 3.27. The number of carbonyl (C=O) groups excluding carboxylic acids is 1. The zero-order valence-electron chi connectivity index (χ0n) is 12.8. The molecule has 2 heteroatoms. The molecule has 0 radical (unpaired) electrons. The molecule has 0 heterocycles. The first-order valence-electron chi connectivity index (χ1n) is 7.66. The van der Waals surface area contributed by atoms with Gasteiger partial charge in [-0.25, -0.2) is 0 Å². The third-order valence-corrected chi connectivity index (χ3v) is 5.19. The lowest BCUT2D eigenvalue weighted by atomic mass is 9.74. The predicted molar refractivity (Wildman–Crippen MR) is 75.4 cm³/mol. The molecule has 1 fully saturated rings. The highest BCUT2D eigenvalue weighted by atomic mass is 16.5. The van der Waals surface area contributed by atoms with Gasteiger partial charge in [-0.15, -0.1) is 0 Å². The van der Waals surface area contributed by atoms with E-state index in [4.69, 9.17) is 4.74 Å². The second-order valence-electron chi connectivity index (χ2n) is 6.29. The molecule has 1 rings (SSSR count). The van der Waals surface area contributed by atoms with Gasteiger partial charge in [0, 0.05) is 0 Å². The summed E-state index contributed by atoms with van der Waals surface area (Å²) in [6.07, 6.45) is 6.78. The highest BCUT2D eigenvalue weighted by Gasteiger charge is 2.39. The highest BCUT2D eigenvalue weighted by Crippen LogP contribution is 2.36. The summed E-state index contributed by atoms with van der Waals surface area (Å²) in [5, 5.41) is 0. The van der Waals surface area contributed by atoms with Crippen molar-refractivity contribution in [3.8, 4) is 0 Å². The van der Waals surface area contributed by atoms with E-state index in [1.807, 2.05) is 0 Å². The van der Waals surface area contributed by atoms with Crippen molar-refractivity contribution in [2.75, 3.05) is 0 Å². The fraction of sp³-hybridized carbons (Fsp3) is 0.938. The molecule has 0 aromatic heterocycles. The molecule has 0 amide bonds. The van der Waals surface area contributed by atoms with Crippen LogP contribution in [0.1, 0.15) is 73.1 Å². The summed E-state index contributed by atoms with van der Waals surface area (Å²) in [5.74, 6) is 0.938. The molecule has 0 bridgehead atoms. The van der Waals surface area contributed by atoms with Crippen molar-refractivity contribution in [2.24, 2.45) is 17.3 Å². The van der Waals surface area contributed by atoms with E-state index in [-0.39, 0.29) is 17.5 Å². The van der Waals surface area contributed by atoms with Crippen molar-refractivity contribution < 1.29 is 9.53 Å². The summed E-state index contributed by atoms with van der Waals surface area (Å²) < 4.78 is 5.84. The normalized spacial score (nSPS) is 29.4. The van der Waals surface area contributed by atoms with E-state index < -0.39 is 0 Å². The standard InChI is InChI=1S/C16H30O2/c1-6-13(4)16(5,7-2)15(17)18-14-11-9-8-10-12(14)3/h12-14H,6-11H2,1-5H3. The molecule has 1 aliphatic rings. The molecule has 1 aliphatic carbocycles. The van der Waals surface area contributed by atoms with Gasteiger partial charge in [0.2, 0.25) is 0 Å². The van der Waals surface area contributed by atoms with Crippen molar-refractivity contribution in [3.05, 3.63) is 0 Å². The van der Waals surface area contributed by atoms with Crippen LogP contribution < -0.4 is 0 Å². The van der Waals surface area contributed by atoms with Crippen LogP contribution in [-0.2, 0) is 9.53 Å². The number of hydrogen-bond acceptors (Lipinski definition) is 2. The van der Waals surface area contributed by atoms with Crippen LogP contribution in [0, 0.1) is 17.3 Å². The number of esters is 1. The average molecular weight is 254 g/mol. The minimum absolute atomic E-state index is 0.0260. The van der Waals surface area contributed by atoms with Gasteiger partial charge in [-0.3, -0.25) is 4.79 Å². The number of hydrogen-bond donors (Lipinski definition) is 0. The Morgan fingerprint density at radius 3 is 2.44 bits per heavy atom. The molecule has 106 valence electrons. The molecule has 0 aliphatic heterocycles. The van der Waals surface area contributed by atoms with Gasteiger partial charge in [0.25, 0.3) is 0 Å². The van der Waals surface area contributed by atoms with Crippen molar-refractivity contribution >= 4 is 5.97 Å². The molecule has 18 heavy (non-hydrogen) atoms. The van der Waals surface area contributed by atoms with Gasteiger partial charge in [-0.05, 0) is 44.4 Å². The second kappa shape index (κ2) is 6.58. The molecule has 0 spiro atoms. The zero-order chi connectivity index (χ0) is 13.8. The van der Waals surface area contributed by atoms with Crippen LogP contribution in [0.3, 0.4) is 0 Å². The van der Waals surface area contributed by atoms with Crippen LogP contribution in [0.5, 0.6) is 0 Å². The largest absolute Gasteiger partial charge is 0.462 e. The molecule has 4 atom stereocenters. The quantitative estimate of drug-likeness (QED) is 0.672. The molecule has 0 N–H and O–H groups in total. The fourth-order valence-electron chi connectivity index (χ4n) is 2.87. The van der Waals surface area contributed by atoms with Gasteiger partial charge in [0.05, 0.1) is 5.41 Å². The summed E-state index contributed by atoms with van der Waals surface area (Å²) >= 11 is 0. The Kier molecular flexibility index (Phi) is 5.68. The lowest BCUT2D eigenvalue weighted by Gasteiger charge is -2.36. The van der Waals surface area contributed by atoms with Crippen LogP contribution in [0.4, 0.5) is 0 Å². The summed E-state index contributed by atoms with van der Waals surface area (Å²) in [4.78, 5) is 12.5. The van der Waals surface area contributed by atoms with Crippen LogP contribution >= 0.6 is 0 Å². The van der Waals surface area contributed by atoms with Crippen LogP contribution in [0.15, 0.2) is 0 Å². The average Bonchev–Trinajstić information content (AvgIpc) is 2.39. The van der Waals surface area contributed by atoms with E-state index >= 15 is 0 Å². The first kappa shape index (κ1) is 15.5. The maximum atomic E-state index is 12.5. The molecule has 1 saturated carbocycles. The van der Waals surface area contributed by atoms with E-state index in [9.17, 15) is 4.79 Å². The van der Waals surface area contributed by atoms with E-state index in [1.165, 1.54) is 19.3 Å². The van der Waals surface area contributed by atoms with E-state index in [2.05, 4.69) is 34.6 Å². The van der Waals surface area contributed by atoms with Gasteiger partial charge in [-0.2, -0.15) is 0 Å². The molecule has 0 saturated heterocycles. The van der Waals surface area contributed by atoms with Gasteiger partial charge < -0.3 is 4.74 Å². The van der Waals surface area contributed by atoms with E-state index in [0.717, 1.165) is 19.3 Å². The van der Waals surface area contributed by atoms with Crippen LogP contribution in [0.2, 0.25) is 0 Å². The van der Waals surface area contributed by atoms with Gasteiger partial charge in [-0.1, -0.05) is 40.5 Å². The monoisotopic (exact) mass is 254 g/mol. The minimum Gasteiger partial charge on any atom is -0.462 e. The lowest BCUT2D eigenvalue weighted by molar-refractivity contribution is -0.168. The maximum absolute atomic E-state index is 12.5. The Morgan fingerprint density at radius 2 is 1.94 bits per heavy atom. The SMILES string of the molecule is CCC(C)C(C)(CC)C(=O)OC1CCCCC1C. The highest BCUT2D eigenvalue weighted by molar-refractivity contribution is 5.76. The molecule has 0 aromatic rings. The Bertz CT molecular complexity index is 274. The number of rotatable bonds is 5. The minimum atomic E-state index is -0.314. The van der Waals surface area contributed by atoms with Crippen LogP contribution in [-0.4, -0.2) is 12.1 Å². The third-order valence-electron chi connectivity index (χ3n) is 5.19. The van der Waals surface area contributed by atoms with Crippen molar-refractivity contribution in [2.45, 2.75) is 79.2 Å². The van der Waals surface area contributed by atoms with E-state index in [0.29, 0.717) is 11.8 Å². The van der Waals surface area contributed by atoms with Crippen molar-refractivity contribution in [1.29, 1.82) is 0 Å². The van der Waals surface area contributed by atoms with Gasteiger partial charge in [0.15, 0.2) is 0 Å². The Morgan fingerprint density at radius 1 is 1.33 bits per heavy atom. The first-order valence-corrected chi connectivity index (χ1v) is 7.66. The summed E-state index contributed by atoms with van der Waals surface area (Å²) in [7, 11) is 0. The summed E-state index contributed by atoms with van der Waals surface area (Å²) in [5.41, 5.74) is -0.314. The maximum Gasteiger partial charge on any atom is 0.312 e. The molecule has 2 nitrogen and oxygen atoms in total. The first-order chi connectivity index (χ1) is 8.45. The molecular formula is C16H30O2. The Hall–Kier alpha value is -0.530. The zero-order valence-corrected chi connectivity index (χ0v) is 12.8. The fourth-order valence-corrected chi connectivity index (χ4v) is 2.87. The predicted octanol–water partition coefficient (Wildman–Crippen LogP) is 4.57. The Balaban J connectivity index is 2.67. The van der Waals surface area contributed by atoms with Crippen molar-refractivity contribution in [3.63, 3.8) is 0 Å². The van der Waals surface area contributed by atoms with Gasteiger partial charge >= 0.3 is 5.97 Å². The second-order valence-corrected chi connectivity index (χ2v) is 6.29. The number of carbonyl (C=O) groups is 1. The van der Waals surface area contributed by atoms with Crippen molar-refractivity contribution in [1.82, 2.24) is 0 Å². The molecular weight excluding hydrogens is 224 g/mol. The molecule has 0 aromatic carbocycles. The molecule has 4 unspecified atom stereocenters. The van der Waals surface area contributed by atoms with Gasteiger partial charge in [0.1, 0.15) is 6.10 Å². The van der Waals surface area contributed by atoms with Crippen LogP contribution in [0.25, 0.3) is 0 Å². The Labute approximate surface area is 112 Å². The summed E-state index contributed by atoms with van der Waals surface area (Å²) in [6, 6.07) is 0. The topological polar surface area (TPSA) is 26.3 Å².